The Morgan fingerprint density at radius 2 is 1.81 bits per heavy atom. The van der Waals surface area contributed by atoms with Gasteiger partial charge in [-0.3, -0.25) is 9.59 Å². The number of H-pyrrole nitrogens is 1. The number of carbonyl (C=O) groups is 1. The highest BCUT2D eigenvalue weighted by Crippen LogP contribution is 2.33. The maximum atomic E-state index is 14.2. The number of amides is 1. The van der Waals surface area contributed by atoms with Gasteiger partial charge < -0.3 is 10.3 Å². The van der Waals surface area contributed by atoms with Crippen molar-refractivity contribution in [2.24, 2.45) is 5.92 Å². The van der Waals surface area contributed by atoms with Gasteiger partial charge in [-0.1, -0.05) is 25.3 Å². The molecule has 9 heteroatoms. The molecule has 3 aromatic rings. The number of benzene rings is 2. The van der Waals surface area contributed by atoms with E-state index in [0.29, 0.717) is 0 Å². The van der Waals surface area contributed by atoms with Crippen LogP contribution in [0, 0.1) is 23.4 Å². The van der Waals surface area contributed by atoms with Crippen molar-refractivity contribution >= 4 is 16.8 Å². The number of hydrogen-bond acceptors (Lipinski definition) is 3. The molecular weight excluding hydrogens is 423 g/mol. The summed E-state index contributed by atoms with van der Waals surface area (Å²) >= 11 is 0. The minimum absolute atomic E-state index is 0.0476. The molecule has 0 aliphatic heterocycles. The first-order chi connectivity index (χ1) is 15.2. The van der Waals surface area contributed by atoms with Crippen LogP contribution in [0.3, 0.4) is 0 Å². The molecule has 168 valence electrons. The van der Waals surface area contributed by atoms with Gasteiger partial charge >= 0.3 is 5.69 Å². The lowest BCUT2D eigenvalue weighted by molar-refractivity contribution is -0.126. The quantitative estimate of drug-likeness (QED) is 0.607. The van der Waals surface area contributed by atoms with Crippen LogP contribution >= 0.6 is 0 Å². The Kier molecular flexibility index (Phi) is 5.90. The number of halogens is 3. The summed E-state index contributed by atoms with van der Waals surface area (Å²) in [4.78, 5) is 41.6. The summed E-state index contributed by atoms with van der Waals surface area (Å²) in [7, 11) is 0. The number of aromatic amines is 1. The van der Waals surface area contributed by atoms with E-state index in [1.165, 1.54) is 19.1 Å². The van der Waals surface area contributed by atoms with Gasteiger partial charge in [0.1, 0.15) is 23.5 Å². The van der Waals surface area contributed by atoms with Gasteiger partial charge in [0.15, 0.2) is 0 Å². The molecule has 4 rings (SSSR count). The molecule has 1 aliphatic carbocycles. The third-order valence-electron chi connectivity index (χ3n) is 6.07. The predicted octanol–water partition coefficient (Wildman–Crippen LogP) is 3.72. The van der Waals surface area contributed by atoms with E-state index in [9.17, 15) is 27.6 Å². The smallest absolute Gasteiger partial charge is 0.329 e. The topological polar surface area (TPSA) is 84.0 Å². The molecule has 1 heterocycles. The van der Waals surface area contributed by atoms with Gasteiger partial charge in [0.05, 0.1) is 16.9 Å². The van der Waals surface area contributed by atoms with Crippen LogP contribution < -0.4 is 16.6 Å². The summed E-state index contributed by atoms with van der Waals surface area (Å²) < 4.78 is 41.9. The Bertz CT molecular complexity index is 1300. The van der Waals surface area contributed by atoms with Crippen molar-refractivity contribution < 1.29 is 18.0 Å². The van der Waals surface area contributed by atoms with E-state index in [-0.39, 0.29) is 28.8 Å². The number of rotatable bonds is 6. The molecule has 2 aromatic carbocycles. The molecule has 1 amide bonds. The minimum atomic E-state index is -1.16. The van der Waals surface area contributed by atoms with Crippen molar-refractivity contribution in [1.29, 1.82) is 0 Å². The maximum Gasteiger partial charge on any atom is 0.329 e. The summed E-state index contributed by atoms with van der Waals surface area (Å²) in [6.07, 6.45) is 2.96. The number of nitrogens with zero attached hydrogens (tertiary/aromatic N) is 1. The lowest BCUT2D eigenvalue weighted by Gasteiger charge is -2.30. The molecule has 6 nitrogen and oxygen atoms in total. The summed E-state index contributed by atoms with van der Waals surface area (Å²) in [6.45, 7) is 1.53. The molecule has 0 spiro atoms. The van der Waals surface area contributed by atoms with Gasteiger partial charge in [-0.2, -0.15) is 0 Å². The zero-order valence-corrected chi connectivity index (χ0v) is 17.3. The summed E-state index contributed by atoms with van der Waals surface area (Å²) in [6, 6.07) is 4.47. The standard InChI is InChI=1S/C23H22F3N3O3/c1-12(16-7-5-15(25)11-18(16)26)27-21(30)20(9-13-3-2-4-13)29-22(31)17-10-14(24)6-8-19(17)28-23(29)32/h5-8,10-13,20H,2-4,9H2,1H3,(H,27,30)(H,28,32)/t12-,20+/m1/s1. The first-order valence-electron chi connectivity index (χ1n) is 10.4. The summed E-state index contributed by atoms with van der Waals surface area (Å²) in [5.74, 6) is -2.69. The van der Waals surface area contributed by atoms with Crippen molar-refractivity contribution in [1.82, 2.24) is 14.9 Å². The average Bonchev–Trinajstić information content (AvgIpc) is 2.69. The fourth-order valence-corrected chi connectivity index (χ4v) is 4.10. The molecule has 32 heavy (non-hydrogen) atoms. The Balaban J connectivity index is 1.72. The second-order valence-corrected chi connectivity index (χ2v) is 8.24. The summed E-state index contributed by atoms with van der Waals surface area (Å²) in [5.41, 5.74) is -1.32. The summed E-state index contributed by atoms with van der Waals surface area (Å²) in [5, 5.41) is 2.59. The molecule has 2 atom stereocenters. The fraction of sp³-hybridized carbons (Fsp3) is 0.348. The van der Waals surface area contributed by atoms with Crippen LogP contribution in [0.5, 0.6) is 0 Å². The molecule has 0 saturated heterocycles. The van der Waals surface area contributed by atoms with Crippen LogP contribution in [0.1, 0.15) is 50.3 Å². The van der Waals surface area contributed by atoms with E-state index >= 15 is 0 Å². The first-order valence-corrected chi connectivity index (χ1v) is 10.4. The van der Waals surface area contributed by atoms with Crippen molar-refractivity contribution in [2.75, 3.05) is 0 Å². The second-order valence-electron chi connectivity index (χ2n) is 8.24. The van der Waals surface area contributed by atoms with Crippen LogP contribution in [0.15, 0.2) is 46.0 Å². The molecule has 0 radical (unpaired) electrons. The van der Waals surface area contributed by atoms with Gasteiger partial charge in [0, 0.05) is 11.6 Å². The van der Waals surface area contributed by atoms with E-state index < -0.39 is 46.7 Å². The van der Waals surface area contributed by atoms with E-state index in [4.69, 9.17) is 0 Å². The Labute approximate surface area is 181 Å². The molecule has 1 fully saturated rings. The van der Waals surface area contributed by atoms with Gasteiger partial charge in [-0.25, -0.2) is 22.5 Å². The highest BCUT2D eigenvalue weighted by molar-refractivity contribution is 5.82. The minimum Gasteiger partial charge on any atom is -0.348 e. The lowest BCUT2D eigenvalue weighted by Crippen LogP contribution is -2.46. The Morgan fingerprint density at radius 3 is 2.47 bits per heavy atom. The second kappa shape index (κ2) is 8.64. The number of hydrogen-bond donors (Lipinski definition) is 2. The van der Waals surface area contributed by atoms with Crippen LogP contribution in [-0.2, 0) is 4.79 Å². The number of fused-ring (bicyclic) bond motifs is 1. The zero-order valence-electron chi connectivity index (χ0n) is 17.3. The molecule has 2 N–H and O–H groups in total. The first kappa shape index (κ1) is 21.9. The molecular formula is C23H22F3N3O3. The Morgan fingerprint density at radius 1 is 1.12 bits per heavy atom. The molecule has 1 aliphatic rings. The predicted molar refractivity (Wildman–Crippen MR) is 113 cm³/mol. The van der Waals surface area contributed by atoms with Crippen molar-refractivity contribution in [3.05, 3.63) is 80.3 Å². The fourth-order valence-electron chi connectivity index (χ4n) is 4.10. The third kappa shape index (κ3) is 4.19. The largest absolute Gasteiger partial charge is 0.348 e. The van der Waals surface area contributed by atoms with Gasteiger partial charge in [0.25, 0.3) is 5.56 Å². The van der Waals surface area contributed by atoms with Crippen LogP contribution in [0.2, 0.25) is 0 Å². The van der Waals surface area contributed by atoms with E-state index in [2.05, 4.69) is 10.3 Å². The third-order valence-corrected chi connectivity index (χ3v) is 6.07. The lowest BCUT2D eigenvalue weighted by atomic mass is 9.80. The van der Waals surface area contributed by atoms with Crippen LogP contribution in [0.25, 0.3) is 10.9 Å². The zero-order chi connectivity index (χ0) is 23.0. The van der Waals surface area contributed by atoms with Gasteiger partial charge in [-0.05, 0) is 43.5 Å². The van der Waals surface area contributed by atoms with Crippen molar-refractivity contribution in [3.63, 3.8) is 0 Å². The van der Waals surface area contributed by atoms with Crippen LogP contribution in [0.4, 0.5) is 13.2 Å². The molecule has 0 bridgehead atoms. The highest BCUT2D eigenvalue weighted by atomic mass is 19.1. The van der Waals surface area contributed by atoms with Gasteiger partial charge in [-0.15, -0.1) is 0 Å². The molecule has 1 aromatic heterocycles. The highest BCUT2D eigenvalue weighted by Gasteiger charge is 2.31. The average molecular weight is 445 g/mol. The van der Waals surface area contributed by atoms with Crippen molar-refractivity contribution in [2.45, 2.75) is 44.7 Å². The number of aromatic nitrogens is 2. The normalized spacial score (nSPS) is 15.9. The van der Waals surface area contributed by atoms with Crippen LogP contribution in [-0.4, -0.2) is 15.5 Å². The maximum absolute atomic E-state index is 14.2. The van der Waals surface area contributed by atoms with Gasteiger partial charge in [0.2, 0.25) is 5.91 Å². The number of carbonyl (C=O) groups excluding carboxylic acids is 1. The Hall–Kier alpha value is -3.36. The van der Waals surface area contributed by atoms with E-state index in [0.717, 1.165) is 48.1 Å². The molecule has 0 unspecified atom stereocenters. The van der Waals surface area contributed by atoms with E-state index in [1.807, 2.05) is 0 Å². The molecule has 1 saturated carbocycles. The van der Waals surface area contributed by atoms with E-state index in [1.54, 1.807) is 0 Å². The van der Waals surface area contributed by atoms with Crippen molar-refractivity contribution in [3.8, 4) is 0 Å². The number of nitrogens with one attached hydrogen (secondary N) is 2. The SMILES string of the molecule is C[C@@H](NC(=O)[C@H](CC1CCC1)n1c(=O)[nH]c2ccc(F)cc2c1=O)c1ccc(F)cc1F. The monoisotopic (exact) mass is 445 g/mol.